The van der Waals surface area contributed by atoms with E-state index in [1.807, 2.05) is 24.3 Å². The Kier molecular flexibility index (Phi) is 4.43. The van der Waals surface area contributed by atoms with Gasteiger partial charge < -0.3 is 10.1 Å². The molecule has 0 radical (unpaired) electrons. The highest BCUT2D eigenvalue weighted by Gasteiger charge is 2.30. The molecule has 0 bridgehead atoms. The number of benzene rings is 1. The van der Waals surface area contributed by atoms with Crippen molar-refractivity contribution in [3.05, 3.63) is 34.9 Å². The molecule has 1 saturated heterocycles. The summed E-state index contributed by atoms with van der Waals surface area (Å²) in [6.45, 7) is 0. The van der Waals surface area contributed by atoms with Crippen LogP contribution in [0.15, 0.2) is 24.3 Å². The molecule has 1 aliphatic heterocycles. The van der Waals surface area contributed by atoms with Crippen molar-refractivity contribution in [1.82, 2.24) is 5.32 Å². The van der Waals surface area contributed by atoms with Gasteiger partial charge in [-0.1, -0.05) is 23.7 Å². The first-order valence-corrected chi connectivity index (χ1v) is 6.60. The lowest BCUT2D eigenvalue weighted by Gasteiger charge is -2.29. The molecule has 2 atom stereocenters. The van der Waals surface area contributed by atoms with Gasteiger partial charge in [-0.15, -0.1) is 0 Å². The summed E-state index contributed by atoms with van der Waals surface area (Å²) < 4.78 is 4.59. The lowest BCUT2D eigenvalue weighted by atomic mass is 9.88. The van der Waals surface area contributed by atoms with Gasteiger partial charge in [-0.25, -0.2) is 0 Å². The number of methoxy groups -OCH3 is 1. The third-order valence-corrected chi connectivity index (χ3v) is 3.66. The first-order chi connectivity index (χ1) is 9.10. The molecule has 1 fully saturated rings. The monoisotopic (exact) mass is 281 g/mol. The van der Waals surface area contributed by atoms with Gasteiger partial charge >= 0.3 is 5.97 Å². The van der Waals surface area contributed by atoms with E-state index in [1.165, 1.54) is 7.11 Å². The van der Waals surface area contributed by atoms with Gasteiger partial charge in [0.05, 0.1) is 19.6 Å². The molecule has 4 nitrogen and oxygen atoms in total. The number of halogens is 1. The predicted molar refractivity (Wildman–Crippen MR) is 71.7 cm³/mol. The van der Waals surface area contributed by atoms with Crippen LogP contribution in [-0.2, 0) is 14.3 Å². The van der Waals surface area contributed by atoms with Gasteiger partial charge in [0.1, 0.15) is 0 Å². The maximum absolute atomic E-state index is 12.0. The average Bonchev–Trinajstić information content (AvgIpc) is 2.41. The molecule has 0 aromatic heterocycles. The Labute approximate surface area is 117 Å². The number of carbonyl (C=O) groups excluding carboxylic acids is 2. The fourth-order valence-corrected chi connectivity index (χ4v) is 2.41. The van der Waals surface area contributed by atoms with E-state index in [4.69, 9.17) is 11.6 Å². The molecule has 1 heterocycles. The van der Waals surface area contributed by atoms with E-state index in [0.717, 1.165) is 12.0 Å². The minimum absolute atomic E-state index is 0.00124. The maximum Gasteiger partial charge on any atom is 0.306 e. The van der Waals surface area contributed by atoms with Crippen molar-refractivity contribution in [3.63, 3.8) is 0 Å². The average molecular weight is 282 g/mol. The van der Waals surface area contributed by atoms with Crippen molar-refractivity contribution in [2.75, 3.05) is 7.11 Å². The molecule has 2 rings (SSSR count). The Morgan fingerprint density at radius 3 is 2.63 bits per heavy atom. The topological polar surface area (TPSA) is 55.4 Å². The molecule has 1 N–H and O–H groups in total. The molecule has 0 spiro atoms. The van der Waals surface area contributed by atoms with Crippen LogP contribution >= 0.6 is 11.6 Å². The number of piperidine rings is 1. The number of rotatable bonds is 3. The van der Waals surface area contributed by atoms with Gasteiger partial charge in [-0.3, -0.25) is 9.59 Å². The van der Waals surface area contributed by atoms with Gasteiger partial charge in [-0.2, -0.15) is 0 Å². The Bertz CT molecular complexity index is 472. The Hall–Kier alpha value is -1.55. The molecular weight excluding hydrogens is 266 g/mol. The zero-order valence-electron chi connectivity index (χ0n) is 10.7. The van der Waals surface area contributed by atoms with E-state index in [2.05, 4.69) is 10.1 Å². The standard InChI is InChI=1S/C14H16ClNO3/c1-19-13(17)8-10-4-7-12(16-14(10)18)9-2-5-11(15)6-3-9/h2-3,5-6,10,12H,4,7-8H2,1H3,(H,16,18). The van der Waals surface area contributed by atoms with E-state index in [9.17, 15) is 9.59 Å². The highest BCUT2D eigenvalue weighted by Crippen LogP contribution is 2.28. The third kappa shape index (κ3) is 3.47. The number of hydrogen-bond donors (Lipinski definition) is 1. The van der Waals surface area contributed by atoms with E-state index >= 15 is 0 Å². The molecule has 0 saturated carbocycles. The Morgan fingerprint density at radius 2 is 2.05 bits per heavy atom. The fourth-order valence-electron chi connectivity index (χ4n) is 2.29. The third-order valence-electron chi connectivity index (χ3n) is 3.40. The number of nitrogens with one attached hydrogen (secondary N) is 1. The van der Waals surface area contributed by atoms with Crippen LogP contribution in [0.4, 0.5) is 0 Å². The fraction of sp³-hybridized carbons (Fsp3) is 0.429. The molecular formula is C14H16ClNO3. The molecule has 1 aromatic carbocycles. The normalized spacial score (nSPS) is 22.7. The van der Waals surface area contributed by atoms with E-state index in [-0.39, 0.29) is 30.3 Å². The quantitative estimate of drug-likeness (QED) is 0.866. The van der Waals surface area contributed by atoms with Gasteiger partial charge in [0, 0.05) is 10.9 Å². The van der Waals surface area contributed by atoms with Gasteiger partial charge in [0.2, 0.25) is 5.91 Å². The maximum atomic E-state index is 12.0. The molecule has 1 amide bonds. The molecule has 2 unspecified atom stereocenters. The van der Waals surface area contributed by atoms with Crippen LogP contribution < -0.4 is 5.32 Å². The molecule has 19 heavy (non-hydrogen) atoms. The van der Waals surface area contributed by atoms with Gasteiger partial charge in [0.25, 0.3) is 0 Å². The summed E-state index contributed by atoms with van der Waals surface area (Å²) in [5.74, 6) is -0.710. The van der Waals surface area contributed by atoms with Crippen molar-refractivity contribution in [1.29, 1.82) is 0 Å². The van der Waals surface area contributed by atoms with Crippen LogP contribution in [-0.4, -0.2) is 19.0 Å². The zero-order valence-corrected chi connectivity index (χ0v) is 11.4. The summed E-state index contributed by atoms with van der Waals surface area (Å²) in [6.07, 6.45) is 1.65. The molecule has 1 aliphatic rings. The summed E-state index contributed by atoms with van der Waals surface area (Å²) in [4.78, 5) is 23.1. The first kappa shape index (κ1) is 13.9. The number of carbonyl (C=O) groups is 2. The second-order valence-electron chi connectivity index (χ2n) is 4.67. The number of ether oxygens (including phenoxy) is 1. The molecule has 1 aromatic rings. The van der Waals surface area contributed by atoms with Gasteiger partial charge in [0.15, 0.2) is 0 Å². The molecule has 102 valence electrons. The summed E-state index contributed by atoms with van der Waals surface area (Å²) in [5, 5.41) is 3.62. The zero-order chi connectivity index (χ0) is 13.8. The van der Waals surface area contributed by atoms with Crippen molar-refractivity contribution in [2.45, 2.75) is 25.3 Å². The summed E-state index contributed by atoms with van der Waals surface area (Å²) in [5.41, 5.74) is 1.04. The smallest absolute Gasteiger partial charge is 0.306 e. The van der Waals surface area contributed by atoms with Crippen LogP contribution in [0.3, 0.4) is 0 Å². The highest BCUT2D eigenvalue weighted by molar-refractivity contribution is 6.30. The van der Waals surface area contributed by atoms with Crippen molar-refractivity contribution in [2.24, 2.45) is 5.92 Å². The Balaban J connectivity index is 1.98. The first-order valence-electron chi connectivity index (χ1n) is 6.23. The van der Waals surface area contributed by atoms with Crippen LogP contribution in [0.1, 0.15) is 30.9 Å². The van der Waals surface area contributed by atoms with Crippen molar-refractivity contribution < 1.29 is 14.3 Å². The van der Waals surface area contributed by atoms with Crippen LogP contribution in [0.25, 0.3) is 0 Å². The largest absolute Gasteiger partial charge is 0.469 e. The Morgan fingerprint density at radius 1 is 1.37 bits per heavy atom. The lowest BCUT2D eigenvalue weighted by Crippen LogP contribution is -2.40. The van der Waals surface area contributed by atoms with E-state index < -0.39 is 0 Å². The van der Waals surface area contributed by atoms with Crippen molar-refractivity contribution in [3.8, 4) is 0 Å². The number of amides is 1. The van der Waals surface area contributed by atoms with Crippen LogP contribution in [0.5, 0.6) is 0 Å². The van der Waals surface area contributed by atoms with E-state index in [0.29, 0.717) is 11.4 Å². The number of hydrogen-bond acceptors (Lipinski definition) is 3. The molecule has 5 heteroatoms. The second kappa shape index (κ2) is 6.06. The summed E-state index contributed by atoms with van der Waals surface area (Å²) in [6, 6.07) is 7.44. The second-order valence-corrected chi connectivity index (χ2v) is 5.10. The minimum atomic E-state index is -0.343. The van der Waals surface area contributed by atoms with Crippen molar-refractivity contribution >= 4 is 23.5 Å². The molecule has 0 aliphatic carbocycles. The van der Waals surface area contributed by atoms with Crippen LogP contribution in [0.2, 0.25) is 5.02 Å². The predicted octanol–water partition coefficient (Wildman–Crippen LogP) is 2.47. The summed E-state index contributed by atoms with van der Waals surface area (Å²) in [7, 11) is 1.33. The minimum Gasteiger partial charge on any atom is -0.469 e. The highest BCUT2D eigenvalue weighted by atomic mass is 35.5. The SMILES string of the molecule is COC(=O)CC1CCC(c2ccc(Cl)cc2)NC1=O. The summed E-state index contributed by atoms with van der Waals surface area (Å²) >= 11 is 5.84. The van der Waals surface area contributed by atoms with E-state index in [1.54, 1.807) is 0 Å². The lowest BCUT2D eigenvalue weighted by molar-refractivity contribution is -0.145. The number of esters is 1. The van der Waals surface area contributed by atoms with Gasteiger partial charge in [-0.05, 0) is 30.5 Å². The van der Waals surface area contributed by atoms with Crippen LogP contribution in [0, 0.1) is 5.92 Å².